The summed E-state index contributed by atoms with van der Waals surface area (Å²) < 4.78 is 2.01. The van der Waals surface area contributed by atoms with E-state index in [0.29, 0.717) is 10.0 Å². The molecule has 0 atom stereocenters. The van der Waals surface area contributed by atoms with E-state index >= 15 is 0 Å². The number of rotatable bonds is 2. The molecule has 0 spiro atoms. The van der Waals surface area contributed by atoms with E-state index in [4.69, 9.17) is 33.9 Å². The number of aromatic nitrogens is 3. The van der Waals surface area contributed by atoms with Gasteiger partial charge in [-0.15, -0.1) is 0 Å². The van der Waals surface area contributed by atoms with Gasteiger partial charge >= 0.3 is 0 Å². The van der Waals surface area contributed by atoms with Crippen molar-refractivity contribution in [1.82, 2.24) is 14.4 Å². The molecule has 2 aromatic heterocycles. The van der Waals surface area contributed by atoms with Crippen molar-refractivity contribution in [2.75, 3.05) is 18.0 Å². The quantitative estimate of drug-likeness (QED) is 0.734. The minimum atomic E-state index is -0.0984. The lowest BCUT2D eigenvalue weighted by Gasteiger charge is -2.37. The number of fused-ring (bicyclic) bond motifs is 1. The van der Waals surface area contributed by atoms with Crippen molar-refractivity contribution in [3.05, 3.63) is 46.8 Å². The fourth-order valence-electron chi connectivity index (χ4n) is 3.26. The van der Waals surface area contributed by atoms with Gasteiger partial charge in [-0.1, -0.05) is 35.3 Å². The van der Waals surface area contributed by atoms with Crippen LogP contribution in [-0.2, 0) is 0 Å². The summed E-state index contributed by atoms with van der Waals surface area (Å²) in [6, 6.07) is 5.58. The van der Waals surface area contributed by atoms with Crippen molar-refractivity contribution in [1.29, 1.82) is 0 Å². The molecule has 7 heteroatoms. The zero-order valence-corrected chi connectivity index (χ0v) is 15.4. The van der Waals surface area contributed by atoms with E-state index in [9.17, 15) is 0 Å². The monoisotopic (exact) mass is 375 g/mol. The molecular formula is C18H19Cl2N5. The molecule has 5 nitrogen and oxygen atoms in total. The molecule has 1 fully saturated rings. The second kappa shape index (κ2) is 6.16. The third kappa shape index (κ3) is 2.97. The second-order valence-corrected chi connectivity index (χ2v) is 7.62. The van der Waals surface area contributed by atoms with E-state index in [1.54, 1.807) is 12.3 Å². The van der Waals surface area contributed by atoms with Crippen molar-refractivity contribution in [3.8, 4) is 11.1 Å². The van der Waals surface area contributed by atoms with Crippen LogP contribution in [0.3, 0.4) is 0 Å². The minimum Gasteiger partial charge on any atom is -0.342 e. The fourth-order valence-corrected chi connectivity index (χ4v) is 3.66. The van der Waals surface area contributed by atoms with Gasteiger partial charge in [-0.25, -0.2) is 9.97 Å². The summed E-state index contributed by atoms with van der Waals surface area (Å²) >= 11 is 12.6. The van der Waals surface area contributed by atoms with Crippen molar-refractivity contribution < 1.29 is 0 Å². The van der Waals surface area contributed by atoms with Gasteiger partial charge in [0.1, 0.15) is 5.65 Å². The van der Waals surface area contributed by atoms with Gasteiger partial charge in [0, 0.05) is 48.3 Å². The smallest absolute Gasteiger partial charge is 0.211 e. The first-order chi connectivity index (χ1) is 12.0. The van der Waals surface area contributed by atoms with Gasteiger partial charge in [-0.2, -0.15) is 0 Å². The summed E-state index contributed by atoms with van der Waals surface area (Å²) in [5.41, 5.74) is 8.66. The van der Waals surface area contributed by atoms with Crippen molar-refractivity contribution in [2.45, 2.75) is 25.3 Å². The van der Waals surface area contributed by atoms with E-state index in [-0.39, 0.29) is 5.54 Å². The van der Waals surface area contributed by atoms with E-state index in [0.717, 1.165) is 48.7 Å². The molecule has 4 rings (SSSR count). The highest BCUT2D eigenvalue weighted by atomic mass is 35.5. The lowest BCUT2D eigenvalue weighted by molar-refractivity contribution is 0.361. The van der Waals surface area contributed by atoms with Crippen LogP contribution in [0.4, 0.5) is 5.95 Å². The maximum Gasteiger partial charge on any atom is 0.211 e. The van der Waals surface area contributed by atoms with Gasteiger partial charge in [0.25, 0.3) is 0 Å². The van der Waals surface area contributed by atoms with Crippen LogP contribution in [0.1, 0.15) is 19.8 Å². The lowest BCUT2D eigenvalue weighted by atomic mass is 9.91. The highest BCUT2D eigenvalue weighted by Crippen LogP contribution is 2.36. The molecule has 0 bridgehead atoms. The summed E-state index contributed by atoms with van der Waals surface area (Å²) in [4.78, 5) is 11.5. The SMILES string of the molecule is CC1(N)CCN(c2ncc(-c3cccc(Cl)c3Cl)c3nccn23)CC1. The maximum atomic E-state index is 6.39. The molecule has 130 valence electrons. The van der Waals surface area contributed by atoms with Crippen LogP contribution in [0.5, 0.6) is 0 Å². The Labute approximate surface area is 156 Å². The highest BCUT2D eigenvalue weighted by molar-refractivity contribution is 6.43. The average molecular weight is 376 g/mol. The first-order valence-corrected chi connectivity index (χ1v) is 9.02. The van der Waals surface area contributed by atoms with Crippen LogP contribution in [-0.4, -0.2) is 33.0 Å². The standard InChI is InChI=1S/C18H19Cl2N5/c1-18(21)5-8-24(9-6-18)17-23-11-13(16-22-7-10-25(16)17)12-3-2-4-14(19)15(12)20/h2-4,7,10-11H,5-6,8-9,21H2,1H3. The zero-order valence-electron chi connectivity index (χ0n) is 13.9. The van der Waals surface area contributed by atoms with Gasteiger partial charge in [-0.3, -0.25) is 4.40 Å². The molecule has 1 aliphatic heterocycles. The van der Waals surface area contributed by atoms with Crippen molar-refractivity contribution in [2.24, 2.45) is 5.73 Å². The molecule has 3 heterocycles. The maximum absolute atomic E-state index is 6.39. The molecule has 1 saturated heterocycles. The number of hydrogen-bond acceptors (Lipinski definition) is 4. The Kier molecular flexibility index (Phi) is 4.10. The van der Waals surface area contributed by atoms with Gasteiger partial charge in [0.05, 0.1) is 10.0 Å². The molecule has 2 N–H and O–H groups in total. The summed E-state index contributed by atoms with van der Waals surface area (Å²) in [6.07, 6.45) is 7.40. The molecule has 25 heavy (non-hydrogen) atoms. The minimum absolute atomic E-state index is 0.0984. The number of anilines is 1. The van der Waals surface area contributed by atoms with Gasteiger partial charge in [0.2, 0.25) is 5.95 Å². The molecule has 0 amide bonds. The first-order valence-electron chi connectivity index (χ1n) is 8.26. The van der Waals surface area contributed by atoms with E-state index in [1.165, 1.54) is 0 Å². The Balaban J connectivity index is 1.79. The van der Waals surface area contributed by atoms with Crippen LogP contribution in [0, 0.1) is 0 Å². The number of nitrogens with zero attached hydrogens (tertiary/aromatic N) is 4. The normalized spacial score (nSPS) is 17.2. The molecule has 1 aliphatic rings. The van der Waals surface area contributed by atoms with Gasteiger partial charge in [-0.05, 0) is 25.8 Å². The van der Waals surface area contributed by atoms with Crippen molar-refractivity contribution >= 4 is 34.8 Å². The number of hydrogen-bond donors (Lipinski definition) is 1. The van der Waals surface area contributed by atoms with Crippen LogP contribution in [0.2, 0.25) is 10.0 Å². The Morgan fingerprint density at radius 2 is 1.88 bits per heavy atom. The van der Waals surface area contributed by atoms with Crippen LogP contribution >= 0.6 is 23.2 Å². The van der Waals surface area contributed by atoms with E-state index in [2.05, 4.69) is 16.8 Å². The number of piperidine rings is 1. The van der Waals surface area contributed by atoms with E-state index in [1.807, 2.05) is 28.9 Å². The molecule has 0 radical (unpaired) electrons. The fraction of sp³-hybridized carbons (Fsp3) is 0.333. The molecule has 1 aromatic carbocycles. The third-order valence-corrected chi connectivity index (χ3v) is 5.66. The summed E-state index contributed by atoms with van der Waals surface area (Å²) in [5, 5.41) is 1.03. The number of nitrogens with two attached hydrogens (primary N) is 1. The molecule has 3 aromatic rings. The average Bonchev–Trinajstić information content (AvgIpc) is 3.07. The summed E-state index contributed by atoms with van der Waals surface area (Å²) in [7, 11) is 0. The van der Waals surface area contributed by atoms with Gasteiger partial charge < -0.3 is 10.6 Å². The largest absolute Gasteiger partial charge is 0.342 e. The lowest BCUT2D eigenvalue weighted by Crippen LogP contribution is -2.48. The first kappa shape index (κ1) is 16.6. The van der Waals surface area contributed by atoms with Crippen LogP contribution in [0.25, 0.3) is 16.8 Å². The number of halogens is 2. The molecule has 0 unspecified atom stereocenters. The second-order valence-electron chi connectivity index (χ2n) is 6.84. The van der Waals surface area contributed by atoms with E-state index < -0.39 is 0 Å². The summed E-state index contributed by atoms with van der Waals surface area (Å²) in [6.45, 7) is 3.86. The Morgan fingerprint density at radius 1 is 1.12 bits per heavy atom. The highest BCUT2D eigenvalue weighted by Gasteiger charge is 2.28. The Bertz CT molecular complexity index is 924. The third-order valence-electron chi connectivity index (χ3n) is 4.84. The predicted molar refractivity (Wildman–Crippen MR) is 102 cm³/mol. The molecule has 0 aliphatic carbocycles. The number of imidazole rings is 1. The zero-order chi connectivity index (χ0) is 17.6. The molecular weight excluding hydrogens is 357 g/mol. The summed E-state index contributed by atoms with van der Waals surface area (Å²) in [5.74, 6) is 0.880. The van der Waals surface area contributed by atoms with Crippen LogP contribution < -0.4 is 10.6 Å². The van der Waals surface area contributed by atoms with Gasteiger partial charge in [0.15, 0.2) is 0 Å². The topological polar surface area (TPSA) is 59.5 Å². The Hall–Kier alpha value is -1.82. The number of benzene rings is 1. The predicted octanol–water partition coefficient (Wildman–Crippen LogP) is 4.02. The van der Waals surface area contributed by atoms with Crippen LogP contribution in [0.15, 0.2) is 36.8 Å². The van der Waals surface area contributed by atoms with Crippen molar-refractivity contribution in [3.63, 3.8) is 0 Å². The molecule has 0 saturated carbocycles. The Morgan fingerprint density at radius 3 is 2.64 bits per heavy atom.